The van der Waals surface area contributed by atoms with E-state index in [1.807, 2.05) is 4.90 Å². The van der Waals surface area contributed by atoms with Gasteiger partial charge >= 0.3 is 0 Å². The summed E-state index contributed by atoms with van der Waals surface area (Å²) in [5, 5.41) is 0. The Hall–Kier alpha value is -2.60. The molecule has 2 aliphatic heterocycles. The Morgan fingerprint density at radius 1 is 1.11 bits per heavy atom. The molecular weight excluding hydrogens is 344 g/mol. The fraction of sp³-hybridized carbons (Fsp3) is 0.429. The Morgan fingerprint density at radius 3 is 2.70 bits per heavy atom. The zero-order valence-corrected chi connectivity index (χ0v) is 15.5. The number of ether oxygens (including phenoxy) is 1. The third kappa shape index (κ3) is 3.90. The van der Waals surface area contributed by atoms with Gasteiger partial charge in [-0.25, -0.2) is 0 Å². The molecule has 0 spiro atoms. The van der Waals surface area contributed by atoms with Crippen molar-refractivity contribution in [2.24, 2.45) is 0 Å². The molecule has 0 N–H and O–H groups in total. The van der Waals surface area contributed by atoms with Crippen LogP contribution in [0.1, 0.15) is 46.4 Å². The number of nitrogens with zero attached hydrogens (tertiary/aromatic N) is 2. The van der Waals surface area contributed by atoms with Gasteiger partial charge in [-0.15, -0.1) is 0 Å². The van der Waals surface area contributed by atoms with Crippen molar-refractivity contribution in [1.82, 2.24) is 9.80 Å². The molecule has 2 aliphatic rings. The molecule has 3 heterocycles. The first-order valence-corrected chi connectivity index (χ1v) is 9.46. The van der Waals surface area contributed by atoms with Gasteiger partial charge in [0.1, 0.15) is 18.1 Å². The summed E-state index contributed by atoms with van der Waals surface area (Å²) in [4.78, 5) is 28.4. The van der Waals surface area contributed by atoms with Crippen LogP contribution in [0.5, 0.6) is 5.75 Å². The van der Waals surface area contributed by atoms with Crippen molar-refractivity contribution >= 4 is 11.7 Å². The number of amides is 1. The molecule has 0 radical (unpaired) electrons. The van der Waals surface area contributed by atoms with Gasteiger partial charge in [0.25, 0.3) is 5.91 Å². The molecule has 2 aromatic rings. The number of furan rings is 1. The molecule has 2 saturated heterocycles. The van der Waals surface area contributed by atoms with E-state index in [-0.39, 0.29) is 18.3 Å². The lowest BCUT2D eigenvalue weighted by Crippen LogP contribution is -2.51. The monoisotopic (exact) mass is 368 g/mol. The third-order valence-electron chi connectivity index (χ3n) is 5.39. The molecule has 6 heteroatoms. The van der Waals surface area contributed by atoms with Crippen LogP contribution in [0.15, 0.2) is 40.8 Å². The Bertz CT molecular complexity index is 827. The second kappa shape index (κ2) is 7.56. The highest BCUT2D eigenvalue weighted by Gasteiger charge is 2.33. The predicted octanol–water partition coefficient (Wildman–Crippen LogP) is 2.98. The minimum absolute atomic E-state index is 0.0224. The number of Topliss-reactive ketones (excluding diaryl/α,β-unsaturated/α-hetero) is 1. The Labute approximate surface area is 158 Å². The summed E-state index contributed by atoms with van der Waals surface area (Å²) >= 11 is 0. The number of benzene rings is 1. The van der Waals surface area contributed by atoms with Gasteiger partial charge in [-0.2, -0.15) is 0 Å². The zero-order valence-electron chi connectivity index (χ0n) is 15.5. The van der Waals surface area contributed by atoms with Crippen molar-refractivity contribution in [3.63, 3.8) is 0 Å². The first kappa shape index (κ1) is 17.8. The summed E-state index contributed by atoms with van der Waals surface area (Å²) in [5.74, 6) is 1.61. The number of hydrogen-bond donors (Lipinski definition) is 0. The normalized spacial score (nSPS) is 19.7. The lowest BCUT2D eigenvalue weighted by molar-refractivity contribution is 0.0538. The lowest BCUT2D eigenvalue weighted by atomic mass is 10.1. The zero-order chi connectivity index (χ0) is 18.8. The summed E-state index contributed by atoms with van der Waals surface area (Å²) in [6, 6.07) is 11.0. The van der Waals surface area contributed by atoms with Gasteiger partial charge in [0.15, 0.2) is 11.5 Å². The fourth-order valence-electron chi connectivity index (χ4n) is 3.84. The van der Waals surface area contributed by atoms with Crippen molar-refractivity contribution in [2.45, 2.75) is 32.4 Å². The SMILES string of the molecule is CC(=O)c1ccc(OCc2ccc(C(=O)N3CCN4CCC[C@@H]4C3)o2)cc1. The molecular formula is C21H24N2O4. The van der Waals surface area contributed by atoms with Crippen LogP contribution in [0.2, 0.25) is 0 Å². The van der Waals surface area contributed by atoms with Crippen molar-refractivity contribution in [3.8, 4) is 5.75 Å². The number of ketones is 1. The second-order valence-corrected chi connectivity index (χ2v) is 7.22. The van der Waals surface area contributed by atoms with Crippen LogP contribution in [0, 0.1) is 0 Å². The molecule has 1 amide bonds. The minimum atomic E-state index is -0.0430. The van der Waals surface area contributed by atoms with E-state index in [0.29, 0.717) is 28.9 Å². The van der Waals surface area contributed by atoms with Crippen LogP contribution in [0.4, 0.5) is 0 Å². The van der Waals surface area contributed by atoms with E-state index in [9.17, 15) is 9.59 Å². The van der Waals surface area contributed by atoms with Gasteiger partial charge in [0, 0.05) is 31.2 Å². The average molecular weight is 368 g/mol. The maximum Gasteiger partial charge on any atom is 0.289 e. The highest BCUT2D eigenvalue weighted by molar-refractivity contribution is 5.94. The number of carbonyl (C=O) groups is 2. The standard InChI is InChI=1S/C21H24N2O4/c1-15(24)16-4-6-18(7-5-16)26-14-19-8-9-20(27-19)21(25)23-12-11-22-10-2-3-17(22)13-23/h4-9,17H,2-3,10-14H2,1H3/t17-/m1/s1. The van der Waals surface area contributed by atoms with Crippen LogP contribution in [0.25, 0.3) is 0 Å². The van der Waals surface area contributed by atoms with Gasteiger partial charge in [-0.3, -0.25) is 14.5 Å². The Morgan fingerprint density at radius 2 is 1.93 bits per heavy atom. The van der Waals surface area contributed by atoms with Gasteiger partial charge < -0.3 is 14.1 Å². The van der Waals surface area contributed by atoms with E-state index in [0.717, 1.165) is 26.2 Å². The van der Waals surface area contributed by atoms with Crippen LogP contribution in [-0.4, -0.2) is 53.7 Å². The predicted molar refractivity (Wildman–Crippen MR) is 100.0 cm³/mol. The molecule has 0 aliphatic carbocycles. The highest BCUT2D eigenvalue weighted by atomic mass is 16.5. The average Bonchev–Trinajstić information content (AvgIpc) is 3.34. The van der Waals surface area contributed by atoms with E-state index in [1.165, 1.54) is 19.8 Å². The molecule has 1 aromatic heterocycles. The van der Waals surface area contributed by atoms with E-state index in [4.69, 9.17) is 9.15 Å². The van der Waals surface area contributed by atoms with Gasteiger partial charge in [-0.05, 0) is 62.7 Å². The number of carbonyl (C=O) groups excluding carboxylic acids is 2. The lowest BCUT2D eigenvalue weighted by Gasteiger charge is -2.37. The molecule has 2 fully saturated rings. The van der Waals surface area contributed by atoms with Gasteiger partial charge in [0.2, 0.25) is 0 Å². The molecule has 6 nitrogen and oxygen atoms in total. The van der Waals surface area contributed by atoms with E-state index in [1.54, 1.807) is 36.4 Å². The summed E-state index contributed by atoms with van der Waals surface area (Å²) in [7, 11) is 0. The minimum Gasteiger partial charge on any atom is -0.486 e. The topological polar surface area (TPSA) is 63.0 Å². The van der Waals surface area contributed by atoms with E-state index < -0.39 is 0 Å². The molecule has 142 valence electrons. The molecule has 4 rings (SSSR count). The first-order chi connectivity index (χ1) is 13.1. The molecule has 0 unspecified atom stereocenters. The number of piperazine rings is 1. The number of rotatable bonds is 5. The maximum absolute atomic E-state index is 12.7. The van der Waals surface area contributed by atoms with Crippen LogP contribution in [-0.2, 0) is 6.61 Å². The number of hydrogen-bond acceptors (Lipinski definition) is 5. The summed E-state index contributed by atoms with van der Waals surface area (Å²) in [6.07, 6.45) is 2.39. The molecule has 0 saturated carbocycles. The van der Waals surface area contributed by atoms with Crippen molar-refractivity contribution in [1.29, 1.82) is 0 Å². The van der Waals surface area contributed by atoms with Crippen LogP contribution < -0.4 is 4.74 Å². The smallest absolute Gasteiger partial charge is 0.289 e. The molecule has 0 bridgehead atoms. The second-order valence-electron chi connectivity index (χ2n) is 7.22. The summed E-state index contributed by atoms with van der Waals surface area (Å²) < 4.78 is 11.4. The van der Waals surface area contributed by atoms with Crippen molar-refractivity contribution < 1.29 is 18.7 Å². The van der Waals surface area contributed by atoms with Crippen molar-refractivity contribution in [2.75, 3.05) is 26.2 Å². The van der Waals surface area contributed by atoms with Crippen LogP contribution >= 0.6 is 0 Å². The largest absolute Gasteiger partial charge is 0.486 e. The molecule has 1 atom stereocenters. The van der Waals surface area contributed by atoms with Gasteiger partial charge in [-0.1, -0.05) is 0 Å². The number of fused-ring (bicyclic) bond motifs is 1. The summed E-state index contributed by atoms with van der Waals surface area (Å²) in [6.45, 7) is 5.41. The van der Waals surface area contributed by atoms with Crippen LogP contribution in [0.3, 0.4) is 0 Å². The first-order valence-electron chi connectivity index (χ1n) is 9.46. The van der Waals surface area contributed by atoms with Gasteiger partial charge in [0.05, 0.1) is 0 Å². The highest BCUT2D eigenvalue weighted by Crippen LogP contribution is 2.23. The van der Waals surface area contributed by atoms with E-state index >= 15 is 0 Å². The van der Waals surface area contributed by atoms with Crippen molar-refractivity contribution in [3.05, 3.63) is 53.5 Å². The summed E-state index contributed by atoms with van der Waals surface area (Å²) in [5.41, 5.74) is 0.649. The Balaban J connectivity index is 1.34. The fourth-order valence-corrected chi connectivity index (χ4v) is 3.84. The molecule has 1 aromatic carbocycles. The molecule has 27 heavy (non-hydrogen) atoms. The Kier molecular flexibility index (Phi) is 4.99. The maximum atomic E-state index is 12.7. The van der Waals surface area contributed by atoms with E-state index in [2.05, 4.69) is 4.90 Å². The quantitative estimate of drug-likeness (QED) is 0.759. The third-order valence-corrected chi connectivity index (χ3v) is 5.39.